The van der Waals surface area contributed by atoms with Gasteiger partial charge >= 0.3 is 0 Å². The Kier molecular flexibility index (Phi) is 4.13. The molecule has 3 fully saturated rings. The van der Waals surface area contributed by atoms with Crippen LogP contribution < -0.4 is 5.73 Å². The summed E-state index contributed by atoms with van der Waals surface area (Å²) in [6.45, 7) is 5.11. The lowest BCUT2D eigenvalue weighted by Crippen LogP contribution is -2.60. The number of rotatable bonds is 2. The molecule has 2 heterocycles. The van der Waals surface area contributed by atoms with Gasteiger partial charge in [-0.1, -0.05) is 6.42 Å². The second-order valence-electron chi connectivity index (χ2n) is 6.95. The highest BCUT2D eigenvalue weighted by Gasteiger charge is 2.38. The van der Waals surface area contributed by atoms with Crippen molar-refractivity contribution in [3.05, 3.63) is 0 Å². The highest BCUT2D eigenvalue weighted by molar-refractivity contribution is 4.96. The average molecular weight is 267 g/mol. The Morgan fingerprint density at radius 2 is 1.79 bits per heavy atom. The Morgan fingerprint density at radius 1 is 1.00 bits per heavy atom. The Balaban J connectivity index is 1.60. The van der Waals surface area contributed by atoms with Crippen molar-refractivity contribution in [2.24, 2.45) is 5.73 Å². The number of piperidine rings is 1. The first-order chi connectivity index (χ1) is 9.20. The summed E-state index contributed by atoms with van der Waals surface area (Å²) < 4.78 is 0. The third-order valence-corrected chi connectivity index (χ3v) is 5.55. The average Bonchev–Trinajstić information content (AvgIpc) is 2.47. The molecular weight excluding hydrogens is 238 g/mol. The van der Waals surface area contributed by atoms with Crippen LogP contribution in [0.4, 0.5) is 0 Å². The molecule has 3 unspecified atom stereocenters. The SMILES string of the molecule is NC1(CO)CCCC(N2CCN3CCCCC3C2)C1. The lowest BCUT2D eigenvalue weighted by Gasteiger charge is -2.49. The van der Waals surface area contributed by atoms with Crippen molar-refractivity contribution < 1.29 is 5.11 Å². The van der Waals surface area contributed by atoms with Crippen molar-refractivity contribution in [3.8, 4) is 0 Å². The molecule has 0 aromatic carbocycles. The van der Waals surface area contributed by atoms with E-state index in [1.165, 1.54) is 58.3 Å². The normalized spacial score (nSPS) is 42.0. The minimum Gasteiger partial charge on any atom is -0.394 e. The van der Waals surface area contributed by atoms with Crippen molar-refractivity contribution in [3.63, 3.8) is 0 Å². The fourth-order valence-electron chi connectivity index (χ4n) is 4.33. The van der Waals surface area contributed by atoms with Gasteiger partial charge in [0.1, 0.15) is 0 Å². The number of fused-ring (bicyclic) bond motifs is 1. The molecule has 0 aromatic heterocycles. The molecule has 3 atom stereocenters. The summed E-state index contributed by atoms with van der Waals surface area (Å²) in [5, 5.41) is 9.50. The molecule has 2 saturated heterocycles. The molecule has 0 radical (unpaired) electrons. The van der Waals surface area contributed by atoms with Crippen LogP contribution in [0.5, 0.6) is 0 Å². The monoisotopic (exact) mass is 267 g/mol. The van der Waals surface area contributed by atoms with Crippen LogP contribution in [0.2, 0.25) is 0 Å². The van der Waals surface area contributed by atoms with Gasteiger partial charge in [-0.15, -0.1) is 0 Å². The van der Waals surface area contributed by atoms with Crippen LogP contribution in [0.25, 0.3) is 0 Å². The van der Waals surface area contributed by atoms with Crippen LogP contribution in [0.3, 0.4) is 0 Å². The van der Waals surface area contributed by atoms with Crippen LogP contribution in [-0.4, -0.2) is 65.3 Å². The smallest absolute Gasteiger partial charge is 0.0611 e. The summed E-state index contributed by atoms with van der Waals surface area (Å²) in [5.74, 6) is 0. The first-order valence-electron chi connectivity index (χ1n) is 8.08. The van der Waals surface area contributed by atoms with Crippen molar-refractivity contribution in [1.29, 1.82) is 0 Å². The number of aliphatic hydroxyl groups is 1. The highest BCUT2D eigenvalue weighted by atomic mass is 16.3. The zero-order valence-corrected chi connectivity index (χ0v) is 12.1. The van der Waals surface area contributed by atoms with E-state index in [4.69, 9.17) is 5.73 Å². The van der Waals surface area contributed by atoms with Crippen molar-refractivity contribution in [2.75, 3.05) is 32.8 Å². The molecule has 4 heteroatoms. The molecule has 0 spiro atoms. The van der Waals surface area contributed by atoms with E-state index in [1.807, 2.05) is 0 Å². The summed E-state index contributed by atoms with van der Waals surface area (Å²) in [5.41, 5.74) is 5.99. The van der Waals surface area contributed by atoms with E-state index in [1.54, 1.807) is 0 Å². The number of aliphatic hydroxyl groups excluding tert-OH is 1. The Bertz CT molecular complexity index is 312. The van der Waals surface area contributed by atoms with E-state index in [0.29, 0.717) is 6.04 Å². The second kappa shape index (κ2) is 5.68. The number of piperazine rings is 1. The maximum Gasteiger partial charge on any atom is 0.0611 e. The Morgan fingerprint density at radius 3 is 2.63 bits per heavy atom. The molecular formula is C15H29N3O. The molecule has 4 nitrogen and oxygen atoms in total. The maximum absolute atomic E-state index is 9.50. The minimum atomic E-state index is -0.313. The summed E-state index contributed by atoms with van der Waals surface area (Å²) in [6, 6.07) is 1.39. The van der Waals surface area contributed by atoms with Gasteiger partial charge in [0.2, 0.25) is 0 Å². The summed E-state index contributed by atoms with van der Waals surface area (Å²) >= 11 is 0. The van der Waals surface area contributed by atoms with E-state index >= 15 is 0 Å². The van der Waals surface area contributed by atoms with Gasteiger partial charge in [-0.25, -0.2) is 0 Å². The zero-order valence-electron chi connectivity index (χ0n) is 12.1. The van der Waals surface area contributed by atoms with E-state index in [2.05, 4.69) is 9.80 Å². The van der Waals surface area contributed by atoms with Gasteiger partial charge in [0.15, 0.2) is 0 Å². The van der Waals surface area contributed by atoms with Crippen molar-refractivity contribution >= 4 is 0 Å². The van der Waals surface area contributed by atoms with Gasteiger partial charge in [0.25, 0.3) is 0 Å². The van der Waals surface area contributed by atoms with Gasteiger partial charge in [0, 0.05) is 37.3 Å². The van der Waals surface area contributed by atoms with Gasteiger partial charge in [0.05, 0.1) is 6.61 Å². The summed E-state index contributed by atoms with van der Waals surface area (Å²) in [6.07, 6.45) is 8.57. The molecule has 2 aliphatic heterocycles. The number of nitrogens with zero attached hydrogens (tertiary/aromatic N) is 2. The molecule has 1 saturated carbocycles. The van der Waals surface area contributed by atoms with Crippen LogP contribution >= 0.6 is 0 Å². The molecule has 3 N–H and O–H groups in total. The molecule has 1 aliphatic carbocycles. The standard InChI is InChI=1S/C15H29N3O/c16-15(12-19)6-3-5-13(10-15)18-9-8-17-7-2-1-4-14(17)11-18/h13-14,19H,1-12,16H2. The first kappa shape index (κ1) is 13.8. The van der Waals surface area contributed by atoms with Gasteiger partial charge in [-0.3, -0.25) is 9.80 Å². The highest BCUT2D eigenvalue weighted by Crippen LogP contribution is 2.31. The molecule has 0 amide bonds. The molecule has 19 heavy (non-hydrogen) atoms. The Labute approximate surface area is 116 Å². The maximum atomic E-state index is 9.50. The fraction of sp³-hybridized carbons (Fsp3) is 1.00. The number of nitrogens with two attached hydrogens (primary N) is 1. The van der Waals surface area contributed by atoms with E-state index < -0.39 is 0 Å². The molecule has 0 bridgehead atoms. The number of hydrogen-bond donors (Lipinski definition) is 2. The van der Waals surface area contributed by atoms with Gasteiger partial charge in [-0.05, 0) is 45.1 Å². The lowest BCUT2D eigenvalue weighted by molar-refractivity contribution is 0.00341. The van der Waals surface area contributed by atoms with E-state index in [-0.39, 0.29) is 12.1 Å². The molecule has 3 rings (SSSR count). The van der Waals surface area contributed by atoms with E-state index in [0.717, 1.165) is 18.9 Å². The van der Waals surface area contributed by atoms with Crippen LogP contribution in [0.15, 0.2) is 0 Å². The quantitative estimate of drug-likeness (QED) is 0.777. The van der Waals surface area contributed by atoms with Gasteiger partial charge < -0.3 is 10.8 Å². The molecule has 0 aromatic rings. The van der Waals surface area contributed by atoms with Crippen molar-refractivity contribution in [2.45, 2.75) is 62.6 Å². The van der Waals surface area contributed by atoms with Crippen LogP contribution in [-0.2, 0) is 0 Å². The molecule has 110 valence electrons. The minimum absolute atomic E-state index is 0.146. The van der Waals surface area contributed by atoms with Gasteiger partial charge in [-0.2, -0.15) is 0 Å². The zero-order chi connectivity index (χ0) is 13.3. The van der Waals surface area contributed by atoms with Crippen molar-refractivity contribution in [1.82, 2.24) is 9.80 Å². The number of hydrogen-bond acceptors (Lipinski definition) is 4. The summed E-state index contributed by atoms with van der Waals surface area (Å²) in [4.78, 5) is 5.35. The van der Waals surface area contributed by atoms with Crippen LogP contribution in [0, 0.1) is 0 Å². The Hall–Kier alpha value is -0.160. The third-order valence-electron chi connectivity index (χ3n) is 5.55. The fourth-order valence-corrected chi connectivity index (χ4v) is 4.33. The predicted molar refractivity (Wildman–Crippen MR) is 77.0 cm³/mol. The van der Waals surface area contributed by atoms with Crippen LogP contribution in [0.1, 0.15) is 44.9 Å². The predicted octanol–water partition coefficient (Wildman–Crippen LogP) is 0.789. The summed E-state index contributed by atoms with van der Waals surface area (Å²) in [7, 11) is 0. The topological polar surface area (TPSA) is 52.7 Å². The first-order valence-corrected chi connectivity index (χ1v) is 8.08. The second-order valence-corrected chi connectivity index (χ2v) is 6.95. The lowest BCUT2D eigenvalue weighted by atomic mass is 9.79. The largest absolute Gasteiger partial charge is 0.394 e. The molecule has 3 aliphatic rings. The third kappa shape index (κ3) is 2.97. The van der Waals surface area contributed by atoms with E-state index in [9.17, 15) is 5.11 Å².